The van der Waals surface area contributed by atoms with E-state index in [4.69, 9.17) is 0 Å². The number of likely N-dealkylation sites (tertiary alicyclic amines) is 1. The van der Waals surface area contributed by atoms with E-state index in [1.807, 2.05) is 15.6 Å². The number of fused-ring (bicyclic) bond motifs is 1. The van der Waals surface area contributed by atoms with Crippen LogP contribution in [0.2, 0.25) is 0 Å². The molecule has 2 aromatic rings. The van der Waals surface area contributed by atoms with Crippen molar-refractivity contribution in [3.05, 3.63) is 24.0 Å². The van der Waals surface area contributed by atoms with E-state index in [1.54, 1.807) is 12.4 Å². The van der Waals surface area contributed by atoms with Gasteiger partial charge in [0.2, 0.25) is 0 Å². The molecule has 1 amide bonds. The lowest BCUT2D eigenvalue weighted by molar-refractivity contribution is 0.0781. The zero-order chi connectivity index (χ0) is 17.4. The van der Waals surface area contributed by atoms with Crippen molar-refractivity contribution in [1.82, 2.24) is 24.6 Å². The number of aromatic nitrogens is 3. The first-order valence-electron chi connectivity index (χ1n) is 8.71. The summed E-state index contributed by atoms with van der Waals surface area (Å²) in [7, 11) is 4.18. The molecule has 1 aliphatic rings. The van der Waals surface area contributed by atoms with Crippen LogP contribution in [0.3, 0.4) is 0 Å². The highest BCUT2D eigenvalue weighted by atomic mass is 16.2. The average molecular weight is 329 g/mol. The van der Waals surface area contributed by atoms with Crippen molar-refractivity contribution in [2.45, 2.75) is 39.3 Å². The Morgan fingerprint density at radius 1 is 1.33 bits per heavy atom. The molecule has 6 heteroatoms. The Labute approximate surface area is 143 Å². The standard InChI is InChI=1S/C18H27N5O/c1-6-13-10-22(11-16(13)21(4)5)18(24)15-7-14-9-20-23(12(2)3)17(14)19-8-15/h7-9,12-13,16H,6,10-11H2,1-5H3/t13-,16-/m0/s1. The maximum Gasteiger partial charge on any atom is 0.255 e. The highest BCUT2D eigenvalue weighted by Crippen LogP contribution is 2.25. The van der Waals surface area contributed by atoms with Crippen LogP contribution in [0.5, 0.6) is 0 Å². The highest BCUT2D eigenvalue weighted by Gasteiger charge is 2.35. The smallest absolute Gasteiger partial charge is 0.255 e. The summed E-state index contributed by atoms with van der Waals surface area (Å²) in [6, 6.07) is 2.60. The number of pyridine rings is 1. The Morgan fingerprint density at radius 3 is 2.67 bits per heavy atom. The molecule has 0 aromatic carbocycles. The van der Waals surface area contributed by atoms with Crippen LogP contribution in [-0.4, -0.2) is 63.7 Å². The van der Waals surface area contributed by atoms with E-state index < -0.39 is 0 Å². The van der Waals surface area contributed by atoms with Crippen molar-refractivity contribution in [2.24, 2.45) is 5.92 Å². The number of hydrogen-bond donors (Lipinski definition) is 0. The minimum Gasteiger partial charge on any atom is -0.337 e. The second kappa shape index (κ2) is 6.51. The van der Waals surface area contributed by atoms with Crippen molar-refractivity contribution in [2.75, 3.05) is 27.2 Å². The molecule has 0 spiro atoms. The quantitative estimate of drug-likeness (QED) is 0.864. The second-order valence-electron chi connectivity index (χ2n) is 7.23. The topological polar surface area (TPSA) is 54.3 Å². The lowest BCUT2D eigenvalue weighted by atomic mass is 10.0. The number of amides is 1. The molecule has 0 aliphatic carbocycles. The highest BCUT2D eigenvalue weighted by molar-refractivity contribution is 5.97. The number of nitrogens with zero attached hydrogens (tertiary/aromatic N) is 5. The van der Waals surface area contributed by atoms with E-state index >= 15 is 0 Å². The Kier molecular flexibility index (Phi) is 4.58. The van der Waals surface area contributed by atoms with Crippen molar-refractivity contribution >= 4 is 16.9 Å². The zero-order valence-electron chi connectivity index (χ0n) is 15.2. The monoisotopic (exact) mass is 329 g/mol. The molecule has 1 saturated heterocycles. The molecular formula is C18H27N5O. The van der Waals surface area contributed by atoms with Crippen LogP contribution in [0.15, 0.2) is 18.5 Å². The van der Waals surface area contributed by atoms with E-state index in [-0.39, 0.29) is 11.9 Å². The van der Waals surface area contributed by atoms with Gasteiger partial charge < -0.3 is 9.80 Å². The molecule has 2 atom stereocenters. The van der Waals surface area contributed by atoms with E-state index in [0.29, 0.717) is 17.5 Å². The number of hydrogen-bond acceptors (Lipinski definition) is 4. The summed E-state index contributed by atoms with van der Waals surface area (Å²) in [6.07, 6.45) is 4.57. The van der Waals surface area contributed by atoms with Crippen LogP contribution in [0.25, 0.3) is 11.0 Å². The first-order valence-corrected chi connectivity index (χ1v) is 8.71. The van der Waals surface area contributed by atoms with E-state index in [1.165, 1.54) is 0 Å². The summed E-state index contributed by atoms with van der Waals surface area (Å²) in [4.78, 5) is 21.6. The van der Waals surface area contributed by atoms with Crippen molar-refractivity contribution in [3.8, 4) is 0 Å². The van der Waals surface area contributed by atoms with Crippen LogP contribution in [0.4, 0.5) is 0 Å². The van der Waals surface area contributed by atoms with Gasteiger partial charge >= 0.3 is 0 Å². The van der Waals surface area contributed by atoms with Gasteiger partial charge in [0.1, 0.15) is 0 Å². The Morgan fingerprint density at radius 2 is 2.08 bits per heavy atom. The number of carbonyl (C=O) groups excluding carboxylic acids is 1. The minimum atomic E-state index is 0.0736. The van der Waals surface area contributed by atoms with Gasteiger partial charge in [0.25, 0.3) is 5.91 Å². The third-order valence-corrected chi connectivity index (χ3v) is 5.05. The van der Waals surface area contributed by atoms with Crippen LogP contribution >= 0.6 is 0 Å². The maximum absolute atomic E-state index is 12.9. The third-order valence-electron chi connectivity index (χ3n) is 5.05. The van der Waals surface area contributed by atoms with Gasteiger partial charge in [-0.15, -0.1) is 0 Å². The summed E-state index contributed by atoms with van der Waals surface area (Å²) in [5.41, 5.74) is 1.49. The fourth-order valence-corrected chi connectivity index (χ4v) is 3.62. The third kappa shape index (κ3) is 2.90. The summed E-state index contributed by atoms with van der Waals surface area (Å²) in [5.74, 6) is 0.605. The summed E-state index contributed by atoms with van der Waals surface area (Å²) >= 11 is 0. The SMILES string of the molecule is CC[C@H]1CN(C(=O)c2cnc3c(cnn3C(C)C)c2)C[C@@H]1N(C)C. The molecule has 2 aromatic heterocycles. The van der Waals surface area contributed by atoms with Crippen molar-refractivity contribution < 1.29 is 4.79 Å². The molecule has 0 N–H and O–H groups in total. The molecule has 0 radical (unpaired) electrons. The number of carbonyl (C=O) groups is 1. The molecule has 0 unspecified atom stereocenters. The predicted molar refractivity (Wildman–Crippen MR) is 95.1 cm³/mol. The van der Waals surface area contributed by atoms with Crippen LogP contribution < -0.4 is 0 Å². The minimum absolute atomic E-state index is 0.0736. The molecule has 130 valence electrons. The van der Waals surface area contributed by atoms with Crippen LogP contribution in [-0.2, 0) is 0 Å². The van der Waals surface area contributed by atoms with Crippen LogP contribution in [0.1, 0.15) is 43.6 Å². The molecule has 6 nitrogen and oxygen atoms in total. The zero-order valence-corrected chi connectivity index (χ0v) is 15.2. The average Bonchev–Trinajstić information content (AvgIpc) is 3.17. The molecule has 0 bridgehead atoms. The Bertz CT molecular complexity index is 736. The summed E-state index contributed by atoms with van der Waals surface area (Å²) in [5, 5.41) is 5.30. The Balaban J connectivity index is 1.84. The molecule has 3 heterocycles. The number of likely N-dealkylation sites (N-methyl/N-ethyl adjacent to an activating group) is 1. The normalized spacial score (nSPS) is 21.4. The van der Waals surface area contributed by atoms with Gasteiger partial charge in [-0.2, -0.15) is 5.10 Å². The molecular weight excluding hydrogens is 302 g/mol. The fourth-order valence-electron chi connectivity index (χ4n) is 3.62. The fraction of sp³-hybridized carbons (Fsp3) is 0.611. The molecule has 1 aliphatic heterocycles. The van der Waals surface area contributed by atoms with Crippen LogP contribution in [0, 0.1) is 5.92 Å². The van der Waals surface area contributed by atoms with E-state index in [0.717, 1.165) is 30.5 Å². The molecule has 1 fully saturated rings. The summed E-state index contributed by atoms with van der Waals surface area (Å²) < 4.78 is 1.88. The lowest BCUT2D eigenvalue weighted by Crippen LogP contribution is -2.36. The molecule has 24 heavy (non-hydrogen) atoms. The van der Waals surface area contributed by atoms with Gasteiger partial charge in [-0.3, -0.25) is 4.79 Å². The van der Waals surface area contributed by atoms with E-state index in [2.05, 4.69) is 49.8 Å². The predicted octanol–water partition coefficient (Wildman–Crippen LogP) is 2.42. The number of rotatable bonds is 4. The first-order chi connectivity index (χ1) is 11.4. The molecule has 0 saturated carbocycles. The van der Waals surface area contributed by atoms with Crippen molar-refractivity contribution in [1.29, 1.82) is 0 Å². The lowest BCUT2D eigenvalue weighted by Gasteiger charge is -2.23. The van der Waals surface area contributed by atoms with Crippen molar-refractivity contribution in [3.63, 3.8) is 0 Å². The van der Waals surface area contributed by atoms with Gasteiger partial charge in [0.05, 0.1) is 11.8 Å². The van der Waals surface area contributed by atoms with E-state index in [9.17, 15) is 4.79 Å². The largest absolute Gasteiger partial charge is 0.337 e. The summed E-state index contributed by atoms with van der Waals surface area (Å²) in [6.45, 7) is 7.95. The van der Waals surface area contributed by atoms with Gasteiger partial charge in [-0.1, -0.05) is 13.3 Å². The molecule has 3 rings (SSSR count). The maximum atomic E-state index is 12.9. The van der Waals surface area contributed by atoms with Gasteiger partial charge in [-0.05, 0) is 39.9 Å². The Hall–Kier alpha value is -1.95. The van der Waals surface area contributed by atoms with Gasteiger partial charge in [-0.25, -0.2) is 9.67 Å². The van der Waals surface area contributed by atoms with Gasteiger partial charge in [0, 0.05) is 36.8 Å². The second-order valence-corrected chi connectivity index (χ2v) is 7.23. The first kappa shape index (κ1) is 16.9. The van der Waals surface area contributed by atoms with Gasteiger partial charge in [0.15, 0.2) is 5.65 Å².